The molecule has 0 fully saturated rings. The summed E-state index contributed by atoms with van der Waals surface area (Å²) in [5.74, 6) is -0.862. The summed E-state index contributed by atoms with van der Waals surface area (Å²) in [6, 6.07) is 8.78. The standard InChI is InChI=1S/C22H15Cl2F2N5O4/c1-2-30(14-3-4-15-16(8-14)35-22(25,26)34-15)17(32)9-31-21(33)20-19(27-10-28-20)18(29-31)11-5-12(23)7-13(24)6-11/h3-8,10H,2,9H2,1H3,(H,27,28). The Kier molecular flexibility index (Phi) is 5.60. The number of benzene rings is 2. The van der Waals surface area contributed by atoms with Gasteiger partial charge in [-0.3, -0.25) is 9.59 Å². The number of carbonyl (C=O) groups excluding carboxylic acids is 1. The van der Waals surface area contributed by atoms with Crippen molar-refractivity contribution in [1.29, 1.82) is 0 Å². The summed E-state index contributed by atoms with van der Waals surface area (Å²) in [7, 11) is 0. The minimum atomic E-state index is -3.78. The van der Waals surface area contributed by atoms with Crippen molar-refractivity contribution in [1.82, 2.24) is 19.7 Å². The van der Waals surface area contributed by atoms with Crippen LogP contribution < -0.4 is 19.9 Å². The van der Waals surface area contributed by atoms with Gasteiger partial charge < -0.3 is 19.4 Å². The van der Waals surface area contributed by atoms with Crippen molar-refractivity contribution in [2.75, 3.05) is 11.4 Å². The molecule has 2 aromatic heterocycles. The third-order valence-electron chi connectivity index (χ3n) is 5.27. The van der Waals surface area contributed by atoms with Crippen molar-refractivity contribution in [3.05, 3.63) is 63.1 Å². The Hall–Kier alpha value is -3.70. The van der Waals surface area contributed by atoms with Crippen LogP contribution in [0.25, 0.3) is 22.3 Å². The molecule has 0 atom stereocenters. The van der Waals surface area contributed by atoms with E-state index in [1.807, 2.05) is 0 Å². The topological polar surface area (TPSA) is 102 Å². The number of nitrogens with zero attached hydrogens (tertiary/aromatic N) is 4. The van der Waals surface area contributed by atoms with Crippen molar-refractivity contribution in [3.8, 4) is 22.8 Å². The normalized spacial score (nSPS) is 13.9. The Labute approximate surface area is 205 Å². The number of fused-ring (bicyclic) bond motifs is 2. The first-order valence-electron chi connectivity index (χ1n) is 10.3. The largest absolute Gasteiger partial charge is 0.586 e. The Morgan fingerprint density at radius 1 is 1.14 bits per heavy atom. The lowest BCUT2D eigenvalue weighted by atomic mass is 10.1. The number of hydrogen-bond acceptors (Lipinski definition) is 6. The number of carbonyl (C=O) groups is 1. The molecular formula is C22H15Cl2F2N5O4. The second kappa shape index (κ2) is 8.51. The lowest BCUT2D eigenvalue weighted by Crippen LogP contribution is -2.37. The summed E-state index contributed by atoms with van der Waals surface area (Å²) in [6.45, 7) is 1.44. The van der Waals surface area contributed by atoms with Gasteiger partial charge in [0.25, 0.3) is 5.56 Å². The number of likely N-dealkylation sites (N-methyl/N-ethyl adjacent to an activating group) is 1. The zero-order valence-corrected chi connectivity index (χ0v) is 19.4. The number of halogens is 4. The SMILES string of the molecule is CCN(C(=O)Cn1nc(-c2cc(Cl)cc(Cl)c2)c2[nH]cnc2c1=O)c1ccc2c(c1)OC(F)(F)O2. The van der Waals surface area contributed by atoms with Crippen molar-refractivity contribution in [2.24, 2.45) is 0 Å². The summed E-state index contributed by atoms with van der Waals surface area (Å²) in [5.41, 5.74) is 0.971. The van der Waals surface area contributed by atoms with Gasteiger partial charge in [-0.15, -0.1) is 8.78 Å². The van der Waals surface area contributed by atoms with E-state index in [-0.39, 0.29) is 29.2 Å². The summed E-state index contributed by atoms with van der Waals surface area (Å²) in [4.78, 5) is 34.4. The molecule has 35 heavy (non-hydrogen) atoms. The van der Waals surface area contributed by atoms with E-state index in [0.29, 0.717) is 26.8 Å². The summed E-state index contributed by atoms with van der Waals surface area (Å²) >= 11 is 12.3. The van der Waals surface area contributed by atoms with E-state index in [1.165, 1.54) is 29.4 Å². The molecule has 180 valence electrons. The predicted octanol–water partition coefficient (Wildman–Crippen LogP) is 4.47. The van der Waals surface area contributed by atoms with E-state index in [9.17, 15) is 18.4 Å². The molecule has 1 aliphatic rings. The van der Waals surface area contributed by atoms with Crippen molar-refractivity contribution >= 4 is 45.8 Å². The molecular weight excluding hydrogens is 507 g/mol. The first-order valence-corrected chi connectivity index (χ1v) is 11.0. The van der Waals surface area contributed by atoms with Gasteiger partial charge in [-0.05, 0) is 37.3 Å². The zero-order chi connectivity index (χ0) is 24.9. The van der Waals surface area contributed by atoms with E-state index in [4.69, 9.17) is 23.2 Å². The maximum atomic E-state index is 13.4. The van der Waals surface area contributed by atoms with Crippen LogP contribution in [0.3, 0.4) is 0 Å². The number of imidazole rings is 1. The third kappa shape index (κ3) is 4.28. The monoisotopic (exact) mass is 521 g/mol. The quantitative estimate of drug-likeness (QED) is 0.415. The molecule has 0 saturated heterocycles. The fourth-order valence-corrected chi connectivity index (χ4v) is 4.32. The molecule has 13 heteroatoms. The number of aromatic nitrogens is 4. The van der Waals surface area contributed by atoms with Gasteiger partial charge in [0, 0.05) is 33.9 Å². The van der Waals surface area contributed by atoms with Crippen LogP contribution in [0, 0.1) is 0 Å². The molecule has 0 spiro atoms. The highest BCUT2D eigenvalue weighted by Gasteiger charge is 2.43. The molecule has 1 amide bonds. The van der Waals surface area contributed by atoms with Gasteiger partial charge in [-0.25, -0.2) is 9.67 Å². The molecule has 0 radical (unpaired) electrons. The van der Waals surface area contributed by atoms with Gasteiger partial charge in [0.15, 0.2) is 17.0 Å². The van der Waals surface area contributed by atoms with Crippen LogP contribution in [-0.2, 0) is 11.3 Å². The van der Waals surface area contributed by atoms with Crippen LogP contribution >= 0.6 is 23.2 Å². The van der Waals surface area contributed by atoms with Crippen LogP contribution in [-0.4, -0.2) is 38.5 Å². The molecule has 3 heterocycles. The number of nitrogens with one attached hydrogen (secondary N) is 1. The fraction of sp³-hybridized carbons (Fsp3) is 0.182. The molecule has 0 saturated carbocycles. The van der Waals surface area contributed by atoms with Gasteiger partial charge in [0.1, 0.15) is 12.2 Å². The molecule has 0 unspecified atom stereocenters. The van der Waals surface area contributed by atoms with E-state index in [2.05, 4.69) is 24.5 Å². The summed E-state index contributed by atoms with van der Waals surface area (Å²) in [6.07, 6.45) is -2.44. The fourth-order valence-electron chi connectivity index (χ4n) is 3.80. The smallest absolute Gasteiger partial charge is 0.395 e. The second-order valence-electron chi connectivity index (χ2n) is 7.53. The maximum absolute atomic E-state index is 13.4. The van der Waals surface area contributed by atoms with Crippen molar-refractivity contribution in [3.63, 3.8) is 0 Å². The lowest BCUT2D eigenvalue weighted by molar-refractivity contribution is -0.286. The Morgan fingerprint density at radius 3 is 2.57 bits per heavy atom. The van der Waals surface area contributed by atoms with Gasteiger partial charge in [0.05, 0.1) is 11.8 Å². The average Bonchev–Trinajstić information content (AvgIpc) is 3.38. The number of ether oxygens (including phenoxy) is 2. The van der Waals surface area contributed by atoms with Gasteiger partial charge in [-0.2, -0.15) is 5.10 Å². The Morgan fingerprint density at radius 2 is 1.86 bits per heavy atom. The van der Waals surface area contributed by atoms with Crippen molar-refractivity contribution in [2.45, 2.75) is 19.8 Å². The minimum absolute atomic E-state index is 0.0762. The van der Waals surface area contributed by atoms with E-state index in [1.54, 1.807) is 25.1 Å². The summed E-state index contributed by atoms with van der Waals surface area (Å²) < 4.78 is 36.6. The first-order chi connectivity index (χ1) is 16.6. The maximum Gasteiger partial charge on any atom is 0.586 e. The van der Waals surface area contributed by atoms with Crippen LogP contribution in [0.1, 0.15) is 6.92 Å². The minimum Gasteiger partial charge on any atom is -0.395 e. The third-order valence-corrected chi connectivity index (χ3v) is 5.71. The number of aromatic amines is 1. The molecule has 4 aromatic rings. The van der Waals surface area contributed by atoms with Crippen LogP contribution in [0.4, 0.5) is 14.5 Å². The number of H-pyrrole nitrogens is 1. The van der Waals surface area contributed by atoms with Gasteiger partial charge in [-0.1, -0.05) is 23.2 Å². The molecule has 1 aliphatic heterocycles. The second-order valence-corrected chi connectivity index (χ2v) is 8.41. The van der Waals surface area contributed by atoms with Crippen LogP contribution in [0.5, 0.6) is 11.5 Å². The number of alkyl halides is 2. The highest BCUT2D eigenvalue weighted by molar-refractivity contribution is 6.35. The van der Waals surface area contributed by atoms with Gasteiger partial charge >= 0.3 is 6.29 Å². The predicted molar refractivity (Wildman–Crippen MR) is 124 cm³/mol. The van der Waals surface area contributed by atoms with E-state index >= 15 is 0 Å². The molecule has 0 aliphatic carbocycles. The number of hydrogen-bond donors (Lipinski definition) is 1. The average molecular weight is 522 g/mol. The lowest BCUT2D eigenvalue weighted by Gasteiger charge is -2.21. The number of anilines is 1. The molecule has 1 N–H and O–H groups in total. The highest BCUT2D eigenvalue weighted by Crippen LogP contribution is 2.42. The first kappa shape index (κ1) is 23.1. The Balaban J connectivity index is 1.51. The van der Waals surface area contributed by atoms with Crippen LogP contribution in [0.15, 0.2) is 47.5 Å². The summed E-state index contributed by atoms with van der Waals surface area (Å²) in [5, 5.41) is 5.10. The molecule has 0 bridgehead atoms. The Bertz CT molecular complexity index is 1520. The number of rotatable bonds is 5. The van der Waals surface area contributed by atoms with Gasteiger partial charge in [0.2, 0.25) is 5.91 Å². The highest BCUT2D eigenvalue weighted by atomic mass is 35.5. The number of amides is 1. The molecule has 5 rings (SSSR count). The van der Waals surface area contributed by atoms with Crippen molar-refractivity contribution < 1.29 is 23.0 Å². The molecule has 9 nitrogen and oxygen atoms in total. The molecule has 2 aromatic carbocycles. The van der Waals surface area contributed by atoms with Crippen LogP contribution in [0.2, 0.25) is 10.0 Å². The van der Waals surface area contributed by atoms with E-state index in [0.717, 1.165) is 4.68 Å². The zero-order valence-electron chi connectivity index (χ0n) is 17.9. The van der Waals surface area contributed by atoms with E-state index < -0.39 is 24.3 Å².